The van der Waals surface area contributed by atoms with Gasteiger partial charge in [0, 0.05) is 13.0 Å². The summed E-state index contributed by atoms with van der Waals surface area (Å²) in [7, 11) is 1.82. The highest BCUT2D eigenvalue weighted by molar-refractivity contribution is 5.41. The molecule has 0 unspecified atom stereocenters. The van der Waals surface area contributed by atoms with Gasteiger partial charge in [-0.15, -0.1) is 0 Å². The number of rotatable bonds is 1. The quantitative estimate of drug-likeness (QED) is 0.837. The Hall–Kier alpha value is -1.06. The van der Waals surface area contributed by atoms with Gasteiger partial charge in [-0.2, -0.15) is 0 Å². The van der Waals surface area contributed by atoms with Gasteiger partial charge in [-0.25, -0.2) is 0 Å². The van der Waals surface area contributed by atoms with Crippen LogP contribution in [0.5, 0.6) is 5.75 Å². The van der Waals surface area contributed by atoms with E-state index in [2.05, 4.69) is 13.0 Å². The van der Waals surface area contributed by atoms with Gasteiger partial charge < -0.3 is 14.9 Å². The van der Waals surface area contributed by atoms with Crippen molar-refractivity contribution in [3.8, 4) is 5.75 Å². The molecule has 0 amide bonds. The second-order valence-corrected chi connectivity index (χ2v) is 7.94. The van der Waals surface area contributed by atoms with Crippen molar-refractivity contribution in [3.05, 3.63) is 29.3 Å². The van der Waals surface area contributed by atoms with Gasteiger partial charge in [0.2, 0.25) is 0 Å². The fourth-order valence-electron chi connectivity index (χ4n) is 5.89. The maximum atomic E-state index is 10.2. The van der Waals surface area contributed by atoms with Crippen molar-refractivity contribution < 1.29 is 14.9 Å². The van der Waals surface area contributed by atoms with Gasteiger partial charge in [-0.3, -0.25) is 0 Å². The molecule has 3 aliphatic rings. The molecule has 120 valence electrons. The second-order valence-electron chi connectivity index (χ2n) is 7.94. The standard InChI is InChI=1S/C19H26O3/c1-19-9-13(21)8-16(19)15-5-3-11-7-12(20)4-6-14(11)18(15)17(10-19)22-2/h4,6-7,13,15-18,20-21H,3,5,8-10H2,1-2H3/t13-,15+,16+,17+,18-,19+/m1/s1. The second kappa shape index (κ2) is 4.97. The van der Waals surface area contributed by atoms with E-state index in [9.17, 15) is 10.2 Å². The lowest BCUT2D eigenvalue weighted by Crippen LogP contribution is -2.47. The van der Waals surface area contributed by atoms with Crippen LogP contribution in [0.1, 0.15) is 49.7 Å². The minimum absolute atomic E-state index is 0.146. The summed E-state index contributed by atoms with van der Waals surface area (Å²) in [6, 6.07) is 5.84. The number of hydrogen-bond acceptors (Lipinski definition) is 3. The molecule has 3 heteroatoms. The topological polar surface area (TPSA) is 49.7 Å². The zero-order valence-corrected chi connectivity index (χ0v) is 13.5. The van der Waals surface area contributed by atoms with Crippen molar-refractivity contribution in [1.82, 2.24) is 0 Å². The molecule has 22 heavy (non-hydrogen) atoms. The first-order valence-corrected chi connectivity index (χ1v) is 8.54. The van der Waals surface area contributed by atoms with Gasteiger partial charge in [-0.1, -0.05) is 13.0 Å². The predicted molar refractivity (Wildman–Crippen MR) is 84.9 cm³/mol. The minimum Gasteiger partial charge on any atom is -0.508 e. The third-order valence-electron chi connectivity index (χ3n) is 6.70. The molecular weight excluding hydrogens is 276 g/mol. The predicted octanol–water partition coefficient (Wildman–Crippen LogP) is 3.23. The van der Waals surface area contributed by atoms with E-state index in [1.54, 1.807) is 0 Å². The largest absolute Gasteiger partial charge is 0.508 e. The summed E-state index contributed by atoms with van der Waals surface area (Å²) in [6.45, 7) is 2.35. The number of fused-ring (bicyclic) bond motifs is 5. The van der Waals surface area contributed by atoms with Crippen molar-refractivity contribution in [3.63, 3.8) is 0 Å². The smallest absolute Gasteiger partial charge is 0.115 e. The number of aliphatic hydroxyl groups excluding tert-OH is 1. The number of aryl methyl sites for hydroxylation is 1. The number of phenols is 1. The van der Waals surface area contributed by atoms with Crippen molar-refractivity contribution in [2.75, 3.05) is 7.11 Å². The van der Waals surface area contributed by atoms with E-state index in [1.165, 1.54) is 11.1 Å². The highest BCUT2D eigenvalue weighted by atomic mass is 16.5. The van der Waals surface area contributed by atoms with Gasteiger partial charge in [-0.05, 0) is 72.6 Å². The molecule has 6 atom stereocenters. The Morgan fingerprint density at radius 1 is 1.27 bits per heavy atom. The molecule has 3 aliphatic carbocycles. The minimum atomic E-state index is -0.146. The molecule has 2 saturated carbocycles. The monoisotopic (exact) mass is 302 g/mol. The number of methoxy groups -OCH3 is 1. The fourth-order valence-corrected chi connectivity index (χ4v) is 5.89. The Morgan fingerprint density at radius 3 is 2.86 bits per heavy atom. The van der Waals surface area contributed by atoms with E-state index in [4.69, 9.17) is 4.74 Å². The summed E-state index contributed by atoms with van der Waals surface area (Å²) in [5.74, 6) is 1.97. The lowest BCUT2D eigenvalue weighted by molar-refractivity contribution is -0.0580. The number of benzene rings is 1. The van der Waals surface area contributed by atoms with Crippen LogP contribution in [0.25, 0.3) is 0 Å². The zero-order valence-electron chi connectivity index (χ0n) is 13.5. The third-order valence-corrected chi connectivity index (χ3v) is 6.70. The summed E-state index contributed by atoms with van der Waals surface area (Å²) in [5.41, 5.74) is 2.87. The number of aromatic hydroxyl groups is 1. The van der Waals surface area contributed by atoms with Crippen LogP contribution in [-0.4, -0.2) is 29.5 Å². The Morgan fingerprint density at radius 2 is 2.09 bits per heavy atom. The van der Waals surface area contributed by atoms with Gasteiger partial charge in [0.15, 0.2) is 0 Å². The molecular formula is C19H26O3. The van der Waals surface area contributed by atoms with Crippen LogP contribution in [0.2, 0.25) is 0 Å². The van der Waals surface area contributed by atoms with Crippen LogP contribution in [0.3, 0.4) is 0 Å². The van der Waals surface area contributed by atoms with E-state index in [0.717, 1.165) is 32.1 Å². The van der Waals surface area contributed by atoms with Crippen LogP contribution >= 0.6 is 0 Å². The molecule has 0 aliphatic heterocycles. The molecule has 1 aromatic carbocycles. The van der Waals surface area contributed by atoms with Crippen molar-refractivity contribution in [1.29, 1.82) is 0 Å². The molecule has 2 N–H and O–H groups in total. The lowest BCUT2D eigenvalue weighted by atomic mass is 9.54. The Labute approximate surface area is 132 Å². The maximum absolute atomic E-state index is 10.2. The van der Waals surface area contributed by atoms with Crippen LogP contribution in [0.15, 0.2) is 18.2 Å². The summed E-state index contributed by atoms with van der Waals surface area (Å²) in [4.78, 5) is 0. The molecule has 4 rings (SSSR count). The first-order chi connectivity index (χ1) is 10.5. The van der Waals surface area contributed by atoms with Gasteiger partial charge in [0.25, 0.3) is 0 Å². The molecule has 3 nitrogen and oxygen atoms in total. The molecule has 2 fully saturated rings. The zero-order chi connectivity index (χ0) is 15.5. The Balaban J connectivity index is 1.77. The first kappa shape index (κ1) is 14.5. The summed E-state index contributed by atoms with van der Waals surface area (Å²) in [6.07, 6.45) is 5.16. The lowest BCUT2D eigenvalue weighted by Gasteiger charge is -2.52. The SMILES string of the molecule is CO[C@H]1C[C@]2(C)C[C@H](O)C[C@H]2[C@@H]2CCc3cc(O)ccc3[C@H]21. The van der Waals surface area contributed by atoms with Crippen molar-refractivity contribution >= 4 is 0 Å². The Kier molecular flexibility index (Phi) is 3.28. The molecule has 0 radical (unpaired) electrons. The highest BCUT2D eigenvalue weighted by Crippen LogP contribution is 2.61. The number of phenolic OH excluding ortho intramolecular Hbond substituents is 1. The molecule has 0 saturated heterocycles. The van der Waals surface area contributed by atoms with E-state index < -0.39 is 0 Å². The van der Waals surface area contributed by atoms with Crippen molar-refractivity contribution in [2.45, 2.75) is 57.2 Å². The fraction of sp³-hybridized carbons (Fsp3) is 0.684. The van der Waals surface area contributed by atoms with Gasteiger partial charge in [0.1, 0.15) is 5.75 Å². The van der Waals surface area contributed by atoms with E-state index in [1.807, 2.05) is 19.2 Å². The first-order valence-electron chi connectivity index (χ1n) is 8.54. The van der Waals surface area contributed by atoms with E-state index in [0.29, 0.717) is 23.5 Å². The average Bonchev–Trinajstić information content (AvgIpc) is 2.79. The molecule has 0 spiro atoms. The summed E-state index contributed by atoms with van der Waals surface area (Å²) >= 11 is 0. The summed E-state index contributed by atoms with van der Waals surface area (Å²) < 4.78 is 5.91. The van der Waals surface area contributed by atoms with Crippen LogP contribution in [-0.2, 0) is 11.2 Å². The van der Waals surface area contributed by atoms with Gasteiger partial charge >= 0.3 is 0 Å². The van der Waals surface area contributed by atoms with Crippen LogP contribution in [0.4, 0.5) is 0 Å². The number of ether oxygens (including phenoxy) is 1. The maximum Gasteiger partial charge on any atom is 0.115 e. The van der Waals surface area contributed by atoms with E-state index in [-0.39, 0.29) is 17.6 Å². The van der Waals surface area contributed by atoms with Crippen molar-refractivity contribution in [2.24, 2.45) is 17.3 Å². The number of hydrogen-bond donors (Lipinski definition) is 2. The number of aliphatic hydroxyl groups is 1. The van der Waals surface area contributed by atoms with Crippen LogP contribution in [0, 0.1) is 17.3 Å². The van der Waals surface area contributed by atoms with E-state index >= 15 is 0 Å². The highest BCUT2D eigenvalue weighted by Gasteiger charge is 2.56. The molecule has 0 aromatic heterocycles. The third kappa shape index (κ3) is 2.02. The summed E-state index contributed by atoms with van der Waals surface area (Å²) in [5, 5.41) is 20.0. The van der Waals surface area contributed by atoms with Gasteiger partial charge in [0.05, 0.1) is 12.2 Å². The molecule has 0 bridgehead atoms. The normalized spacial score (nSPS) is 43.3. The van der Waals surface area contributed by atoms with Crippen LogP contribution < -0.4 is 0 Å². The Bertz CT molecular complexity index is 584. The molecule has 1 aromatic rings. The molecule has 0 heterocycles. The average molecular weight is 302 g/mol.